The van der Waals surface area contributed by atoms with Crippen LogP contribution in [0.2, 0.25) is 5.15 Å². The third-order valence-electron chi connectivity index (χ3n) is 2.55. The highest BCUT2D eigenvalue weighted by Crippen LogP contribution is 2.25. The molecule has 21 heavy (non-hydrogen) atoms. The van der Waals surface area contributed by atoms with Gasteiger partial charge in [-0.15, -0.1) is 0 Å². The van der Waals surface area contributed by atoms with E-state index in [2.05, 4.69) is 30.6 Å². The monoisotopic (exact) mass is 338 g/mol. The summed E-state index contributed by atoms with van der Waals surface area (Å²) in [6.07, 6.45) is 5.63. The highest BCUT2D eigenvalue weighted by molar-refractivity contribution is 7.99. The van der Waals surface area contributed by atoms with Gasteiger partial charge in [0.2, 0.25) is 5.95 Å². The molecular weight excluding hydrogens is 328 g/mol. The van der Waals surface area contributed by atoms with E-state index in [1.807, 2.05) is 0 Å². The summed E-state index contributed by atoms with van der Waals surface area (Å²) in [5.41, 5.74) is 0. The quantitative estimate of drug-likeness (QED) is 0.500. The van der Waals surface area contributed by atoms with Crippen LogP contribution in [0, 0.1) is 0 Å². The Morgan fingerprint density at radius 3 is 2.76 bits per heavy atom. The molecule has 1 aliphatic rings. The van der Waals surface area contributed by atoms with E-state index in [4.69, 9.17) is 23.8 Å². The standard InChI is InChI=1S/C12H11ClN6S2/c13-8-6-9(21-12-14-4-1-5-15-12)18-10(17-8)19-11(20)16-7-2-3-7/h1,4-7H,2-3H2,(H2,16,17,18,19,20). The molecular formula is C12H11ClN6S2. The van der Waals surface area contributed by atoms with Gasteiger partial charge in [-0.2, -0.15) is 0 Å². The van der Waals surface area contributed by atoms with E-state index in [9.17, 15) is 0 Å². The lowest BCUT2D eigenvalue weighted by molar-refractivity contribution is 0.914. The number of thiocarbonyl (C=S) groups is 1. The molecule has 0 radical (unpaired) electrons. The molecule has 0 aromatic carbocycles. The van der Waals surface area contributed by atoms with Gasteiger partial charge in [-0.1, -0.05) is 11.6 Å². The van der Waals surface area contributed by atoms with E-state index < -0.39 is 0 Å². The third kappa shape index (κ3) is 4.48. The molecule has 2 N–H and O–H groups in total. The lowest BCUT2D eigenvalue weighted by Crippen LogP contribution is -2.30. The normalized spacial score (nSPS) is 13.8. The summed E-state index contributed by atoms with van der Waals surface area (Å²) < 4.78 is 0. The van der Waals surface area contributed by atoms with Crippen LogP contribution in [0.25, 0.3) is 0 Å². The van der Waals surface area contributed by atoms with Crippen molar-refractivity contribution in [2.24, 2.45) is 0 Å². The predicted octanol–water partition coefficient (Wildman–Crippen LogP) is 2.52. The summed E-state index contributed by atoms with van der Waals surface area (Å²) in [7, 11) is 0. The van der Waals surface area contributed by atoms with Crippen LogP contribution < -0.4 is 10.6 Å². The maximum absolute atomic E-state index is 6.01. The Morgan fingerprint density at radius 2 is 2.05 bits per heavy atom. The summed E-state index contributed by atoms with van der Waals surface area (Å²) in [5.74, 6) is 0.360. The molecule has 0 atom stereocenters. The summed E-state index contributed by atoms with van der Waals surface area (Å²) in [5, 5.41) is 8.18. The van der Waals surface area contributed by atoms with Gasteiger partial charge in [-0.25, -0.2) is 19.9 Å². The number of hydrogen-bond donors (Lipinski definition) is 2. The Kier molecular flexibility index (Phi) is 4.47. The number of nitrogens with one attached hydrogen (secondary N) is 2. The van der Waals surface area contributed by atoms with Crippen molar-refractivity contribution < 1.29 is 0 Å². The van der Waals surface area contributed by atoms with Gasteiger partial charge in [-0.05, 0) is 42.9 Å². The number of aromatic nitrogens is 4. The predicted molar refractivity (Wildman–Crippen MR) is 85.6 cm³/mol. The average Bonchev–Trinajstić information content (AvgIpc) is 3.22. The molecule has 108 valence electrons. The first-order valence-corrected chi connectivity index (χ1v) is 7.86. The summed E-state index contributed by atoms with van der Waals surface area (Å²) in [4.78, 5) is 16.7. The van der Waals surface area contributed by atoms with Crippen molar-refractivity contribution in [1.82, 2.24) is 25.3 Å². The second-order valence-corrected chi connectivity index (χ2v) is 6.14. The molecule has 1 aliphatic carbocycles. The number of anilines is 1. The molecule has 2 aromatic rings. The van der Waals surface area contributed by atoms with Crippen LogP contribution in [0.1, 0.15) is 12.8 Å². The van der Waals surface area contributed by atoms with Crippen molar-refractivity contribution in [3.05, 3.63) is 29.7 Å². The van der Waals surface area contributed by atoms with Gasteiger partial charge in [0.15, 0.2) is 10.3 Å². The second kappa shape index (κ2) is 6.50. The van der Waals surface area contributed by atoms with Crippen LogP contribution in [0.4, 0.5) is 5.95 Å². The average molecular weight is 339 g/mol. The minimum absolute atomic E-state index is 0.333. The molecule has 0 spiro atoms. The minimum Gasteiger partial charge on any atom is -0.360 e. The summed E-state index contributed by atoms with van der Waals surface area (Å²) >= 11 is 12.5. The first-order valence-electron chi connectivity index (χ1n) is 6.26. The fourth-order valence-corrected chi connectivity index (χ4v) is 2.71. The third-order valence-corrected chi connectivity index (χ3v) is 3.77. The molecule has 0 aliphatic heterocycles. The molecule has 0 bridgehead atoms. The van der Waals surface area contributed by atoms with Crippen molar-refractivity contribution in [1.29, 1.82) is 0 Å². The zero-order chi connectivity index (χ0) is 14.7. The maximum atomic E-state index is 6.01. The smallest absolute Gasteiger partial charge is 0.231 e. The molecule has 1 fully saturated rings. The number of rotatable bonds is 4. The number of halogens is 1. The van der Waals surface area contributed by atoms with Crippen LogP contribution in [-0.2, 0) is 0 Å². The van der Waals surface area contributed by atoms with Crippen LogP contribution in [0.15, 0.2) is 34.7 Å². The molecule has 2 aromatic heterocycles. The molecule has 2 heterocycles. The minimum atomic E-state index is 0.333. The van der Waals surface area contributed by atoms with Crippen molar-refractivity contribution >= 4 is 46.6 Å². The zero-order valence-corrected chi connectivity index (χ0v) is 13.2. The molecule has 9 heteroatoms. The van der Waals surface area contributed by atoms with E-state index in [0.29, 0.717) is 32.4 Å². The Hall–Kier alpha value is -1.51. The lowest BCUT2D eigenvalue weighted by atomic mass is 10.6. The van der Waals surface area contributed by atoms with Crippen molar-refractivity contribution in [3.8, 4) is 0 Å². The largest absolute Gasteiger partial charge is 0.360 e. The van der Waals surface area contributed by atoms with Gasteiger partial charge in [-0.3, -0.25) is 0 Å². The van der Waals surface area contributed by atoms with Crippen LogP contribution >= 0.6 is 35.6 Å². The summed E-state index contributed by atoms with van der Waals surface area (Å²) in [6, 6.07) is 3.88. The zero-order valence-electron chi connectivity index (χ0n) is 10.8. The van der Waals surface area contributed by atoms with Crippen molar-refractivity contribution in [2.75, 3.05) is 5.32 Å². The van der Waals surface area contributed by atoms with Crippen molar-refractivity contribution in [2.45, 2.75) is 29.1 Å². The van der Waals surface area contributed by atoms with Crippen molar-refractivity contribution in [3.63, 3.8) is 0 Å². The topological polar surface area (TPSA) is 75.6 Å². The first kappa shape index (κ1) is 14.4. The summed E-state index contributed by atoms with van der Waals surface area (Å²) in [6.45, 7) is 0. The van der Waals surface area contributed by atoms with Crippen LogP contribution in [0.5, 0.6) is 0 Å². The lowest BCUT2D eigenvalue weighted by Gasteiger charge is -2.09. The molecule has 1 saturated carbocycles. The van der Waals surface area contributed by atoms with Gasteiger partial charge >= 0.3 is 0 Å². The Balaban J connectivity index is 1.71. The molecule has 6 nitrogen and oxygen atoms in total. The van der Waals surface area contributed by atoms with Gasteiger partial charge < -0.3 is 10.6 Å². The van der Waals surface area contributed by atoms with Crippen LogP contribution in [0.3, 0.4) is 0 Å². The van der Waals surface area contributed by atoms with E-state index >= 15 is 0 Å². The number of nitrogens with zero attached hydrogens (tertiary/aromatic N) is 4. The Labute approximate surface area is 136 Å². The molecule has 0 unspecified atom stereocenters. The van der Waals surface area contributed by atoms with Gasteiger partial charge in [0.25, 0.3) is 0 Å². The van der Waals surface area contributed by atoms with Crippen LogP contribution in [-0.4, -0.2) is 31.1 Å². The van der Waals surface area contributed by atoms with Gasteiger partial charge in [0.05, 0.1) is 0 Å². The SMILES string of the molecule is S=C(Nc1nc(Cl)cc(Sc2ncccn2)n1)NC1CC1. The van der Waals surface area contributed by atoms with Gasteiger partial charge in [0.1, 0.15) is 10.2 Å². The van der Waals surface area contributed by atoms with Gasteiger partial charge in [0, 0.05) is 24.5 Å². The molecule has 0 saturated heterocycles. The molecule has 0 amide bonds. The van der Waals surface area contributed by atoms with E-state index in [1.54, 1.807) is 24.5 Å². The van der Waals surface area contributed by atoms with E-state index in [-0.39, 0.29) is 0 Å². The fourth-order valence-electron chi connectivity index (χ4n) is 1.49. The first-order chi connectivity index (χ1) is 10.2. The second-order valence-electron chi connectivity index (χ2n) is 4.36. The number of hydrogen-bond acceptors (Lipinski definition) is 6. The Morgan fingerprint density at radius 1 is 1.29 bits per heavy atom. The highest BCUT2D eigenvalue weighted by atomic mass is 35.5. The molecule has 3 rings (SSSR count). The maximum Gasteiger partial charge on any atom is 0.231 e. The Bertz CT molecular complexity index is 649. The van der Waals surface area contributed by atoms with E-state index in [0.717, 1.165) is 12.8 Å². The fraction of sp³-hybridized carbons (Fsp3) is 0.250. The highest BCUT2D eigenvalue weighted by Gasteiger charge is 2.22. The van der Waals surface area contributed by atoms with E-state index in [1.165, 1.54) is 11.8 Å².